The lowest BCUT2D eigenvalue weighted by Gasteiger charge is -2.36. The van der Waals surface area contributed by atoms with Gasteiger partial charge in [-0.15, -0.1) is 0 Å². The van der Waals surface area contributed by atoms with E-state index >= 15 is 0 Å². The van der Waals surface area contributed by atoms with E-state index in [9.17, 15) is 4.79 Å². The molecule has 11 heteroatoms. The van der Waals surface area contributed by atoms with Gasteiger partial charge in [-0.05, 0) is 134 Å². The maximum atomic E-state index is 13.8. The van der Waals surface area contributed by atoms with Crippen molar-refractivity contribution in [3.63, 3.8) is 0 Å². The number of amides is 1. The molecule has 4 bridgehead atoms. The summed E-state index contributed by atoms with van der Waals surface area (Å²) < 4.78 is 0. The normalized spacial score (nSPS) is 16.9. The van der Waals surface area contributed by atoms with Crippen LogP contribution in [0, 0.1) is 11.8 Å². The summed E-state index contributed by atoms with van der Waals surface area (Å²) in [7, 11) is 0. The summed E-state index contributed by atoms with van der Waals surface area (Å²) in [5, 5.41) is 4.87. The molecule has 2 fully saturated rings. The van der Waals surface area contributed by atoms with Crippen LogP contribution in [0.2, 0.25) is 0 Å². The van der Waals surface area contributed by atoms with Crippen LogP contribution in [-0.2, 0) is 43.8 Å². The third-order valence-corrected chi connectivity index (χ3v) is 11.5. The highest BCUT2D eigenvalue weighted by molar-refractivity contribution is 7.78. The minimum absolute atomic E-state index is 0. The summed E-state index contributed by atoms with van der Waals surface area (Å²) in [6.07, 6.45) is 6.37. The van der Waals surface area contributed by atoms with E-state index in [1.54, 1.807) is 0 Å². The number of nitrogens with zero attached hydrogens (tertiary/aromatic N) is 8. The van der Waals surface area contributed by atoms with Gasteiger partial charge in [0, 0.05) is 64.6 Å². The van der Waals surface area contributed by atoms with E-state index in [-0.39, 0.29) is 13.3 Å². The van der Waals surface area contributed by atoms with Crippen molar-refractivity contribution < 1.29 is 4.79 Å². The number of benzene rings is 2. The molecule has 57 heavy (non-hydrogen) atoms. The number of thiocarbonyl (C=S) groups is 2. The van der Waals surface area contributed by atoms with Gasteiger partial charge in [-0.25, -0.2) is 0 Å². The summed E-state index contributed by atoms with van der Waals surface area (Å²) in [6.45, 7) is 11.8. The molecule has 0 atom stereocenters. The molecule has 0 unspecified atom stereocenters. The van der Waals surface area contributed by atoms with Gasteiger partial charge >= 0.3 is 0 Å². The molecule has 4 aromatic rings. The van der Waals surface area contributed by atoms with Crippen LogP contribution >= 0.6 is 24.4 Å². The highest BCUT2D eigenvalue weighted by Crippen LogP contribution is 2.27. The van der Waals surface area contributed by atoms with E-state index in [1.807, 2.05) is 29.2 Å². The lowest BCUT2D eigenvalue weighted by molar-refractivity contribution is -0.134. The number of aliphatic imine (C=N–C) groups is 2. The van der Waals surface area contributed by atoms with Crippen LogP contribution in [0.4, 0.5) is 11.4 Å². The summed E-state index contributed by atoms with van der Waals surface area (Å²) in [4.78, 5) is 41.2. The van der Waals surface area contributed by atoms with Crippen LogP contribution in [0.1, 0.15) is 67.0 Å². The first kappa shape index (κ1) is 41.9. The van der Waals surface area contributed by atoms with Crippen LogP contribution in [0.15, 0.2) is 107 Å². The summed E-state index contributed by atoms with van der Waals surface area (Å²) in [6, 6.07) is 29.1. The Morgan fingerprint density at radius 2 is 1.00 bits per heavy atom. The predicted molar refractivity (Wildman–Crippen MR) is 236 cm³/mol. The average molecular weight is 799 g/mol. The highest BCUT2D eigenvalue weighted by Gasteiger charge is 2.26. The third-order valence-electron chi connectivity index (χ3n) is 11.3. The molecule has 0 radical (unpaired) electrons. The fourth-order valence-electron chi connectivity index (χ4n) is 8.34. The number of piperidine rings is 2. The van der Waals surface area contributed by atoms with Gasteiger partial charge in [-0.3, -0.25) is 24.6 Å². The number of likely N-dealkylation sites (tertiary alicyclic amines) is 2. The van der Waals surface area contributed by atoms with Crippen molar-refractivity contribution in [3.8, 4) is 0 Å². The van der Waals surface area contributed by atoms with Crippen molar-refractivity contribution in [2.24, 2.45) is 21.8 Å². The predicted octanol–water partition coefficient (Wildman–Crippen LogP) is 8.85. The molecule has 3 aliphatic heterocycles. The summed E-state index contributed by atoms with van der Waals surface area (Å²) >= 11 is 9.46. The molecule has 2 aromatic heterocycles. The maximum absolute atomic E-state index is 13.8. The molecule has 0 aliphatic carbocycles. The molecule has 3 aliphatic rings. The van der Waals surface area contributed by atoms with Gasteiger partial charge in [0.25, 0.3) is 0 Å². The number of rotatable bonds is 11. The Bertz CT molecular complexity index is 1870. The summed E-state index contributed by atoms with van der Waals surface area (Å²) in [5.74, 6) is 1.38. The third kappa shape index (κ3) is 12.1. The smallest absolute Gasteiger partial charge is 0.236 e. The van der Waals surface area contributed by atoms with Gasteiger partial charge in [-0.2, -0.15) is 9.98 Å². The standard InChI is InChI=1S/C45H50N8OS2.CH4/c1-34(52-20-16-37(17-21-52)24-35-8-12-39(13-9-35)46-32-55)26-50-27-41-4-2-6-43(48-41)29-51(30-44-7-3-5-42(28-50)49-44)31-45(54)53-22-18-38(19-23-53)25-36-10-14-40(15-11-36)47-33-56;/h2-15,37-38H,1,16-31H2;1H4. The van der Waals surface area contributed by atoms with E-state index in [1.165, 1.54) is 11.1 Å². The molecule has 0 saturated carbocycles. The average Bonchev–Trinajstić information content (AvgIpc) is 3.20. The van der Waals surface area contributed by atoms with E-state index in [0.717, 1.165) is 111 Å². The Labute approximate surface area is 349 Å². The summed E-state index contributed by atoms with van der Waals surface area (Å²) in [5.41, 5.74) is 9.43. The van der Waals surface area contributed by atoms with Crippen molar-refractivity contribution >= 4 is 52.0 Å². The van der Waals surface area contributed by atoms with Crippen LogP contribution in [0.5, 0.6) is 0 Å². The second-order valence-electron chi connectivity index (χ2n) is 15.5. The number of carbonyl (C=O) groups excluding carboxylic acids is 1. The van der Waals surface area contributed by atoms with Crippen molar-refractivity contribution in [1.82, 2.24) is 29.6 Å². The van der Waals surface area contributed by atoms with E-state index in [2.05, 4.69) is 102 Å². The molecule has 2 saturated heterocycles. The Morgan fingerprint density at radius 3 is 1.40 bits per heavy atom. The molecule has 5 heterocycles. The fourth-order valence-corrected chi connectivity index (χ4v) is 8.55. The topological polar surface area (TPSA) is 80.5 Å². The largest absolute Gasteiger partial charge is 0.374 e. The minimum Gasteiger partial charge on any atom is -0.374 e. The quantitative estimate of drug-likeness (QED) is 0.110. The second-order valence-corrected chi connectivity index (χ2v) is 15.9. The lowest BCUT2D eigenvalue weighted by Crippen LogP contribution is -2.44. The number of fused-ring (bicyclic) bond motifs is 4. The molecule has 9 nitrogen and oxygen atoms in total. The van der Waals surface area contributed by atoms with Gasteiger partial charge in [0.1, 0.15) is 0 Å². The van der Waals surface area contributed by atoms with Crippen molar-refractivity contribution in [3.05, 3.63) is 131 Å². The highest BCUT2D eigenvalue weighted by atomic mass is 32.1. The molecular formula is C46H54N8OS2. The zero-order valence-electron chi connectivity index (χ0n) is 32.1. The van der Waals surface area contributed by atoms with Gasteiger partial charge < -0.3 is 9.80 Å². The second kappa shape index (κ2) is 20.6. The zero-order chi connectivity index (χ0) is 38.7. The van der Waals surface area contributed by atoms with Crippen LogP contribution < -0.4 is 0 Å². The van der Waals surface area contributed by atoms with Gasteiger partial charge in [0.15, 0.2) is 0 Å². The number of aromatic nitrogens is 2. The molecule has 7 rings (SSSR count). The fraction of sp³-hybridized carbons (Fsp3) is 0.413. The van der Waals surface area contributed by atoms with E-state index < -0.39 is 0 Å². The molecule has 1 amide bonds. The molecule has 0 N–H and O–H groups in total. The van der Waals surface area contributed by atoms with Gasteiger partial charge in [0.2, 0.25) is 5.91 Å². The SMILES string of the molecule is C.C=C(CN1Cc2cccc(n2)CN(CC(=O)N2CCC(Cc3ccc(N=C=S)cc3)CC2)Cc2cccc(n2)C1)N1CCC(Cc2ccc(N=C=S)cc2)CC1. The van der Waals surface area contributed by atoms with Gasteiger partial charge in [-0.1, -0.05) is 50.4 Å². The Kier molecular flexibility index (Phi) is 15.2. The van der Waals surface area contributed by atoms with Crippen molar-refractivity contribution in [2.45, 2.75) is 72.1 Å². The van der Waals surface area contributed by atoms with Crippen LogP contribution in [0.25, 0.3) is 0 Å². The number of hydrogen-bond acceptors (Lipinski definition) is 10. The van der Waals surface area contributed by atoms with E-state index in [4.69, 9.17) is 34.4 Å². The number of carbonyl (C=O) groups is 1. The Hall–Kier alpha value is -4.73. The van der Waals surface area contributed by atoms with Crippen LogP contribution in [-0.4, -0.2) is 85.1 Å². The Balaban J connectivity index is 0.00000549. The first-order valence-corrected chi connectivity index (χ1v) is 20.6. The molecular weight excluding hydrogens is 745 g/mol. The number of isothiocyanates is 2. The van der Waals surface area contributed by atoms with Crippen molar-refractivity contribution in [1.29, 1.82) is 0 Å². The molecule has 2 aromatic carbocycles. The monoisotopic (exact) mass is 798 g/mol. The van der Waals surface area contributed by atoms with Gasteiger partial charge in [0.05, 0.1) is 51.0 Å². The van der Waals surface area contributed by atoms with E-state index in [0.29, 0.717) is 44.6 Å². The molecule has 0 spiro atoms. The zero-order valence-corrected chi connectivity index (χ0v) is 33.7. The van der Waals surface area contributed by atoms with Crippen LogP contribution in [0.3, 0.4) is 0 Å². The number of hydrogen-bond donors (Lipinski definition) is 0. The first-order chi connectivity index (χ1) is 27.4. The number of pyridine rings is 2. The minimum atomic E-state index is 0. The van der Waals surface area contributed by atoms with Crippen molar-refractivity contribution in [2.75, 3.05) is 39.3 Å². The Morgan fingerprint density at radius 1 is 0.614 bits per heavy atom. The lowest BCUT2D eigenvalue weighted by atomic mass is 9.90. The first-order valence-electron chi connectivity index (χ1n) is 19.8. The maximum Gasteiger partial charge on any atom is 0.236 e. The molecule has 296 valence electrons.